The zero-order chi connectivity index (χ0) is 14.4. The Morgan fingerprint density at radius 3 is 2.25 bits per heavy atom. The molecule has 1 N–H and O–H groups in total. The van der Waals surface area contributed by atoms with E-state index in [9.17, 15) is 0 Å². The van der Waals surface area contributed by atoms with Crippen molar-refractivity contribution in [1.29, 1.82) is 0 Å². The van der Waals surface area contributed by atoms with Crippen molar-refractivity contribution in [3.8, 4) is 17.2 Å². The first kappa shape index (κ1) is 14.7. The van der Waals surface area contributed by atoms with Gasteiger partial charge in [-0.3, -0.25) is 0 Å². The summed E-state index contributed by atoms with van der Waals surface area (Å²) < 4.78 is 11.2. The lowest BCUT2D eigenvalue weighted by Crippen LogP contribution is -1.94. The van der Waals surface area contributed by atoms with E-state index in [1.54, 1.807) is 18.2 Å². The highest BCUT2D eigenvalue weighted by molar-refractivity contribution is 6.31. The summed E-state index contributed by atoms with van der Waals surface area (Å²) in [5, 5.41) is 9.55. The van der Waals surface area contributed by atoms with Crippen molar-refractivity contribution in [2.75, 3.05) is 6.61 Å². The van der Waals surface area contributed by atoms with Crippen molar-refractivity contribution >= 4 is 11.6 Å². The van der Waals surface area contributed by atoms with Crippen molar-refractivity contribution in [1.82, 2.24) is 0 Å². The van der Waals surface area contributed by atoms with Crippen LogP contribution in [0.2, 0.25) is 5.02 Å². The maximum atomic E-state index is 9.06. The Morgan fingerprint density at radius 2 is 1.65 bits per heavy atom. The maximum Gasteiger partial charge on any atom is 0.128 e. The quantitative estimate of drug-likeness (QED) is 0.857. The number of hydrogen-bond donors (Lipinski definition) is 1. The molecule has 0 saturated heterocycles. The Balaban J connectivity index is 2.04. The Hall–Kier alpha value is -1.71. The lowest BCUT2D eigenvalue weighted by Gasteiger charge is -2.09. The van der Waals surface area contributed by atoms with Gasteiger partial charge in [0.25, 0.3) is 0 Å². The molecule has 0 saturated carbocycles. The first-order valence-electron chi connectivity index (χ1n) is 6.53. The molecule has 2 aromatic carbocycles. The number of halogens is 1. The van der Waals surface area contributed by atoms with Crippen LogP contribution in [-0.4, -0.2) is 11.7 Å². The molecule has 0 amide bonds. The average Bonchev–Trinajstić information content (AvgIpc) is 2.47. The number of aliphatic hydroxyl groups is 1. The Morgan fingerprint density at radius 1 is 1.00 bits per heavy atom. The largest absolute Gasteiger partial charge is 0.494 e. The Bertz CT molecular complexity index is 552. The van der Waals surface area contributed by atoms with E-state index in [2.05, 4.69) is 6.92 Å². The van der Waals surface area contributed by atoms with E-state index in [0.29, 0.717) is 28.7 Å². The predicted octanol–water partition coefficient (Wildman–Crippen LogP) is 4.41. The summed E-state index contributed by atoms with van der Waals surface area (Å²) in [6, 6.07) is 12.6. The van der Waals surface area contributed by atoms with Crippen LogP contribution >= 0.6 is 11.6 Å². The third kappa shape index (κ3) is 3.89. The number of ether oxygens (including phenoxy) is 2. The summed E-state index contributed by atoms with van der Waals surface area (Å²) >= 11 is 6.02. The normalized spacial score (nSPS) is 10.3. The van der Waals surface area contributed by atoms with Gasteiger partial charge in [0, 0.05) is 5.02 Å². The molecule has 20 heavy (non-hydrogen) atoms. The Kier molecular flexibility index (Phi) is 5.27. The number of hydrogen-bond acceptors (Lipinski definition) is 3. The third-order valence-electron chi connectivity index (χ3n) is 2.73. The molecule has 0 aliphatic carbocycles. The number of rotatable bonds is 6. The standard InChI is InChI=1S/C16H17ClO3/c1-2-9-19-13-5-7-14(8-6-13)20-15-4-3-12(11-18)16(17)10-15/h3-8,10,18H,2,9,11H2,1H3. The molecule has 0 aliphatic rings. The molecule has 3 nitrogen and oxygen atoms in total. The van der Waals surface area contributed by atoms with Crippen LogP contribution in [0.3, 0.4) is 0 Å². The molecule has 2 aromatic rings. The maximum absolute atomic E-state index is 9.06. The lowest BCUT2D eigenvalue weighted by atomic mass is 10.2. The third-order valence-corrected chi connectivity index (χ3v) is 3.08. The summed E-state index contributed by atoms with van der Waals surface area (Å²) in [6.07, 6.45) is 0.980. The van der Waals surface area contributed by atoms with Crippen LogP contribution in [0.5, 0.6) is 17.2 Å². The van der Waals surface area contributed by atoms with Gasteiger partial charge in [0.2, 0.25) is 0 Å². The molecular weight excluding hydrogens is 276 g/mol. The second-order valence-electron chi connectivity index (χ2n) is 4.33. The van der Waals surface area contributed by atoms with Crippen molar-refractivity contribution in [2.24, 2.45) is 0 Å². The zero-order valence-electron chi connectivity index (χ0n) is 11.3. The van der Waals surface area contributed by atoms with Crippen LogP contribution in [0.25, 0.3) is 0 Å². The molecule has 0 fully saturated rings. The highest BCUT2D eigenvalue weighted by Gasteiger charge is 2.03. The van der Waals surface area contributed by atoms with Gasteiger partial charge in [0.15, 0.2) is 0 Å². The van der Waals surface area contributed by atoms with Crippen LogP contribution in [0.15, 0.2) is 42.5 Å². The molecular formula is C16H17ClO3. The number of benzene rings is 2. The molecule has 0 atom stereocenters. The molecule has 0 bridgehead atoms. The monoisotopic (exact) mass is 292 g/mol. The molecule has 106 valence electrons. The van der Waals surface area contributed by atoms with Crippen molar-refractivity contribution in [3.05, 3.63) is 53.1 Å². The Labute approximate surface area is 123 Å². The predicted molar refractivity (Wildman–Crippen MR) is 79.7 cm³/mol. The summed E-state index contributed by atoms with van der Waals surface area (Å²) in [6.45, 7) is 2.69. The topological polar surface area (TPSA) is 38.7 Å². The molecule has 0 spiro atoms. The second kappa shape index (κ2) is 7.17. The van der Waals surface area contributed by atoms with Crippen LogP contribution in [-0.2, 0) is 6.61 Å². The SMILES string of the molecule is CCCOc1ccc(Oc2ccc(CO)c(Cl)c2)cc1. The first-order chi connectivity index (χ1) is 9.72. The fourth-order valence-corrected chi connectivity index (χ4v) is 1.91. The summed E-state index contributed by atoms with van der Waals surface area (Å²) in [7, 11) is 0. The van der Waals surface area contributed by atoms with Crippen LogP contribution in [0, 0.1) is 0 Å². The van der Waals surface area contributed by atoms with E-state index in [1.165, 1.54) is 0 Å². The summed E-state index contributed by atoms with van der Waals surface area (Å²) in [5.74, 6) is 2.17. The van der Waals surface area contributed by atoms with Gasteiger partial charge in [-0.1, -0.05) is 24.6 Å². The summed E-state index contributed by atoms with van der Waals surface area (Å²) in [5.41, 5.74) is 0.683. The van der Waals surface area contributed by atoms with Gasteiger partial charge in [-0.15, -0.1) is 0 Å². The number of aliphatic hydroxyl groups excluding tert-OH is 1. The molecule has 0 radical (unpaired) electrons. The van der Waals surface area contributed by atoms with Crippen LogP contribution in [0.4, 0.5) is 0 Å². The molecule has 0 heterocycles. The van der Waals surface area contributed by atoms with Crippen LogP contribution in [0.1, 0.15) is 18.9 Å². The van der Waals surface area contributed by atoms with Gasteiger partial charge >= 0.3 is 0 Å². The highest BCUT2D eigenvalue weighted by Crippen LogP contribution is 2.28. The van der Waals surface area contributed by atoms with E-state index in [1.807, 2.05) is 24.3 Å². The van der Waals surface area contributed by atoms with E-state index < -0.39 is 0 Å². The first-order valence-corrected chi connectivity index (χ1v) is 6.90. The molecule has 0 aromatic heterocycles. The fraction of sp³-hybridized carbons (Fsp3) is 0.250. The van der Waals surface area contributed by atoms with E-state index >= 15 is 0 Å². The minimum atomic E-state index is -0.0808. The highest BCUT2D eigenvalue weighted by atomic mass is 35.5. The van der Waals surface area contributed by atoms with E-state index in [0.717, 1.165) is 12.2 Å². The van der Waals surface area contributed by atoms with Crippen LogP contribution < -0.4 is 9.47 Å². The second-order valence-corrected chi connectivity index (χ2v) is 4.74. The molecule has 4 heteroatoms. The van der Waals surface area contributed by atoms with Crippen molar-refractivity contribution in [3.63, 3.8) is 0 Å². The van der Waals surface area contributed by atoms with Gasteiger partial charge in [-0.05, 0) is 48.4 Å². The van der Waals surface area contributed by atoms with Gasteiger partial charge in [-0.2, -0.15) is 0 Å². The molecule has 0 unspecified atom stereocenters. The van der Waals surface area contributed by atoms with Gasteiger partial charge in [0.05, 0.1) is 13.2 Å². The molecule has 2 rings (SSSR count). The zero-order valence-corrected chi connectivity index (χ0v) is 12.1. The lowest BCUT2D eigenvalue weighted by molar-refractivity contribution is 0.282. The van der Waals surface area contributed by atoms with Gasteiger partial charge < -0.3 is 14.6 Å². The van der Waals surface area contributed by atoms with E-state index in [4.69, 9.17) is 26.2 Å². The van der Waals surface area contributed by atoms with Crippen molar-refractivity contribution in [2.45, 2.75) is 20.0 Å². The van der Waals surface area contributed by atoms with Crippen molar-refractivity contribution < 1.29 is 14.6 Å². The van der Waals surface area contributed by atoms with E-state index in [-0.39, 0.29) is 6.61 Å². The minimum Gasteiger partial charge on any atom is -0.494 e. The molecule has 0 aliphatic heterocycles. The van der Waals surface area contributed by atoms with Gasteiger partial charge in [0.1, 0.15) is 17.2 Å². The smallest absolute Gasteiger partial charge is 0.128 e. The average molecular weight is 293 g/mol. The fourth-order valence-electron chi connectivity index (χ4n) is 1.68. The minimum absolute atomic E-state index is 0.0808. The summed E-state index contributed by atoms with van der Waals surface area (Å²) in [4.78, 5) is 0. The van der Waals surface area contributed by atoms with Gasteiger partial charge in [-0.25, -0.2) is 0 Å².